The molecule has 0 bridgehead atoms. The number of benzene rings is 2. The van der Waals surface area contributed by atoms with Gasteiger partial charge in [-0.25, -0.2) is 4.79 Å². The van der Waals surface area contributed by atoms with E-state index in [1.54, 1.807) is 20.8 Å². The Morgan fingerprint density at radius 3 is 2.12 bits per heavy atom. The van der Waals surface area contributed by atoms with E-state index in [0.717, 1.165) is 5.56 Å². The maximum atomic E-state index is 12.7. The second-order valence-electron chi connectivity index (χ2n) is 8.13. The molecule has 0 saturated carbocycles. The lowest BCUT2D eigenvalue weighted by Crippen LogP contribution is -2.48. The maximum Gasteiger partial charge on any atom is 0.573 e. The van der Waals surface area contributed by atoms with Gasteiger partial charge < -0.3 is 20.1 Å². The number of carbonyl (C=O) groups excluding carboxylic acids is 2. The summed E-state index contributed by atoms with van der Waals surface area (Å²) in [5, 5.41) is 5.30. The van der Waals surface area contributed by atoms with Crippen LogP contribution >= 0.6 is 0 Å². The van der Waals surface area contributed by atoms with Gasteiger partial charge in [0.15, 0.2) is 0 Å². The third kappa shape index (κ3) is 9.72. The van der Waals surface area contributed by atoms with Crippen LogP contribution in [-0.2, 0) is 22.5 Å². The minimum Gasteiger partial charge on any atom is -0.444 e. The number of ether oxygens (including phenoxy) is 2. The smallest absolute Gasteiger partial charge is 0.444 e. The van der Waals surface area contributed by atoms with Crippen LogP contribution in [0.1, 0.15) is 38.3 Å². The molecule has 2 N–H and O–H groups in total. The van der Waals surface area contributed by atoms with Crippen LogP contribution in [0.25, 0.3) is 0 Å². The molecule has 0 saturated heterocycles. The number of hydrogen-bond acceptors (Lipinski definition) is 4. The lowest BCUT2D eigenvalue weighted by molar-refractivity contribution is -0.274. The van der Waals surface area contributed by atoms with Gasteiger partial charge in [-0.3, -0.25) is 4.79 Å². The highest BCUT2D eigenvalue weighted by Gasteiger charge is 2.31. The van der Waals surface area contributed by atoms with Crippen molar-refractivity contribution in [1.29, 1.82) is 0 Å². The highest BCUT2D eigenvalue weighted by Crippen LogP contribution is 2.22. The number of rotatable bonds is 8. The molecular formula is C23H27F3N2O4. The van der Waals surface area contributed by atoms with Crippen molar-refractivity contribution in [1.82, 2.24) is 10.6 Å². The van der Waals surface area contributed by atoms with Gasteiger partial charge in [0.05, 0.1) is 0 Å². The van der Waals surface area contributed by atoms with Crippen LogP contribution in [0.15, 0.2) is 54.6 Å². The number of hydrogen-bond donors (Lipinski definition) is 2. The molecule has 1 atom stereocenters. The molecule has 2 aromatic rings. The molecule has 0 unspecified atom stereocenters. The highest BCUT2D eigenvalue weighted by atomic mass is 19.4. The Bertz CT molecular complexity index is 879. The van der Waals surface area contributed by atoms with Crippen LogP contribution in [0.3, 0.4) is 0 Å². The summed E-state index contributed by atoms with van der Waals surface area (Å²) in [7, 11) is 0. The van der Waals surface area contributed by atoms with Crippen molar-refractivity contribution in [2.45, 2.75) is 58.2 Å². The second kappa shape index (κ2) is 10.9. The first-order valence-corrected chi connectivity index (χ1v) is 10.1. The van der Waals surface area contributed by atoms with Crippen molar-refractivity contribution in [2.24, 2.45) is 0 Å². The molecule has 0 aliphatic carbocycles. The number of amides is 2. The lowest BCUT2D eigenvalue weighted by atomic mass is 10.0. The predicted molar refractivity (Wildman–Crippen MR) is 113 cm³/mol. The predicted octanol–water partition coefficient (Wildman–Crippen LogP) is 4.73. The Labute approximate surface area is 185 Å². The van der Waals surface area contributed by atoms with Crippen molar-refractivity contribution >= 4 is 12.0 Å². The molecule has 6 nitrogen and oxygen atoms in total. The van der Waals surface area contributed by atoms with E-state index in [0.29, 0.717) is 18.4 Å². The topological polar surface area (TPSA) is 76.7 Å². The van der Waals surface area contributed by atoms with Gasteiger partial charge in [0, 0.05) is 6.54 Å². The number of halogens is 3. The van der Waals surface area contributed by atoms with Crippen molar-refractivity contribution in [2.75, 3.05) is 0 Å². The first kappa shape index (κ1) is 25.0. The number of alkyl carbamates (subject to hydrolysis) is 1. The van der Waals surface area contributed by atoms with Crippen molar-refractivity contribution < 1.29 is 32.2 Å². The van der Waals surface area contributed by atoms with Gasteiger partial charge in [-0.2, -0.15) is 0 Å². The van der Waals surface area contributed by atoms with E-state index in [9.17, 15) is 22.8 Å². The average molecular weight is 452 g/mol. The number of nitrogens with one attached hydrogen (secondary N) is 2. The average Bonchev–Trinajstić information content (AvgIpc) is 2.68. The molecule has 0 fully saturated rings. The quantitative estimate of drug-likeness (QED) is 0.607. The van der Waals surface area contributed by atoms with Crippen LogP contribution in [-0.4, -0.2) is 30.0 Å². The zero-order chi connectivity index (χ0) is 23.8. The third-order valence-corrected chi connectivity index (χ3v) is 4.20. The maximum absolute atomic E-state index is 12.7. The van der Waals surface area contributed by atoms with E-state index in [-0.39, 0.29) is 12.3 Å². The molecule has 2 aromatic carbocycles. The van der Waals surface area contributed by atoms with Crippen molar-refractivity contribution in [3.63, 3.8) is 0 Å². The molecule has 2 amide bonds. The molecule has 174 valence electrons. The van der Waals surface area contributed by atoms with E-state index in [1.807, 2.05) is 30.3 Å². The molecule has 0 heterocycles. The van der Waals surface area contributed by atoms with E-state index < -0.39 is 30.0 Å². The fourth-order valence-electron chi connectivity index (χ4n) is 2.80. The molecular weight excluding hydrogens is 425 g/mol. The first-order chi connectivity index (χ1) is 14.9. The minimum atomic E-state index is -4.77. The minimum absolute atomic E-state index is 0.0724. The van der Waals surface area contributed by atoms with E-state index in [4.69, 9.17) is 4.74 Å². The fraction of sp³-hybridized carbons (Fsp3) is 0.391. The van der Waals surface area contributed by atoms with Gasteiger partial charge in [-0.05, 0) is 56.9 Å². The van der Waals surface area contributed by atoms with Crippen LogP contribution in [0.5, 0.6) is 5.75 Å². The Balaban J connectivity index is 1.98. The standard InChI is InChI=1S/C23H27F3N2O4/c1-22(2,3)32-21(30)28-19(14-11-16-7-5-4-6-8-16)20(29)27-15-17-9-12-18(13-10-17)31-23(24,25)26/h4-10,12-13,19H,11,14-15H2,1-3H3,(H,27,29)(H,28,30)/t19-/m0/s1. The van der Waals surface area contributed by atoms with E-state index >= 15 is 0 Å². The van der Waals surface area contributed by atoms with Crippen molar-refractivity contribution in [3.05, 3.63) is 65.7 Å². The highest BCUT2D eigenvalue weighted by molar-refractivity contribution is 5.85. The van der Waals surface area contributed by atoms with Crippen molar-refractivity contribution in [3.8, 4) is 5.75 Å². The normalized spacial score (nSPS) is 12.6. The molecule has 0 aromatic heterocycles. The van der Waals surface area contributed by atoms with Gasteiger partial charge in [-0.1, -0.05) is 42.5 Å². The zero-order valence-electron chi connectivity index (χ0n) is 18.2. The van der Waals surface area contributed by atoms with Crippen LogP contribution < -0.4 is 15.4 Å². The van der Waals surface area contributed by atoms with Gasteiger partial charge in [-0.15, -0.1) is 13.2 Å². The zero-order valence-corrected chi connectivity index (χ0v) is 18.2. The summed E-state index contributed by atoms with van der Waals surface area (Å²) in [6.45, 7) is 5.23. The summed E-state index contributed by atoms with van der Waals surface area (Å²) in [5.74, 6) is -0.776. The molecule has 2 rings (SSSR count). The van der Waals surface area contributed by atoms with Gasteiger partial charge in [0.25, 0.3) is 0 Å². The Hall–Kier alpha value is -3.23. The van der Waals surface area contributed by atoms with Gasteiger partial charge >= 0.3 is 12.5 Å². The fourth-order valence-corrected chi connectivity index (χ4v) is 2.80. The third-order valence-electron chi connectivity index (χ3n) is 4.20. The largest absolute Gasteiger partial charge is 0.573 e. The van der Waals surface area contributed by atoms with Gasteiger partial charge in [0.2, 0.25) is 5.91 Å². The monoisotopic (exact) mass is 452 g/mol. The van der Waals surface area contributed by atoms with Crippen LogP contribution in [0.4, 0.5) is 18.0 Å². The molecule has 32 heavy (non-hydrogen) atoms. The number of aryl methyl sites for hydroxylation is 1. The van der Waals surface area contributed by atoms with Crippen LogP contribution in [0.2, 0.25) is 0 Å². The second-order valence-corrected chi connectivity index (χ2v) is 8.13. The molecule has 0 aliphatic heterocycles. The number of carbonyl (C=O) groups is 2. The summed E-state index contributed by atoms with van der Waals surface area (Å²) < 4.78 is 45.9. The Morgan fingerprint density at radius 2 is 1.56 bits per heavy atom. The molecule has 0 spiro atoms. The summed E-state index contributed by atoms with van der Waals surface area (Å²) >= 11 is 0. The Kier molecular flexibility index (Phi) is 8.51. The molecule has 0 radical (unpaired) electrons. The van der Waals surface area contributed by atoms with Crippen LogP contribution in [0, 0.1) is 0 Å². The lowest BCUT2D eigenvalue weighted by Gasteiger charge is -2.23. The Morgan fingerprint density at radius 1 is 0.938 bits per heavy atom. The van der Waals surface area contributed by atoms with E-state index in [2.05, 4.69) is 15.4 Å². The summed E-state index contributed by atoms with van der Waals surface area (Å²) in [6, 6.07) is 13.8. The SMILES string of the molecule is CC(C)(C)OC(=O)N[C@@H](CCc1ccccc1)C(=O)NCc1ccc(OC(F)(F)F)cc1. The van der Waals surface area contributed by atoms with E-state index in [1.165, 1.54) is 24.3 Å². The summed E-state index contributed by atoms with van der Waals surface area (Å²) in [6.07, 6.45) is -4.58. The summed E-state index contributed by atoms with van der Waals surface area (Å²) in [4.78, 5) is 24.9. The summed E-state index contributed by atoms with van der Waals surface area (Å²) in [5.41, 5.74) is 0.869. The first-order valence-electron chi connectivity index (χ1n) is 10.1. The van der Waals surface area contributed by atoms with Gasteiger partial charge in [0.1, 0.15) is 17.4 Å². The molecule has 9 heteroatoms. The number of alkyl halides is 3. The molecule has 0 aliphatic rings.